The van der Waals surface area contributed by atoms with Crippen molar-refractivity contribution < 1.29 is 22.7 Å². The molecule has 2 aliphatic rings. The zero-order chi connectivity index (χ0) is 14.0. The lowest BCUT2D eigenvalue weighted by atomic mass is 10.2. The molecule has 2 atom stereocenters. The zero-order valence-electron chi connectivity index (χ0n) is 11.2. The zero-order valence-corrected chi connectivity index (χ0v) is 12.1. The van der Waals surface area contributed by atoms with Crippen LogP contribution < -0.4 is 0 Å². The van der Waals surface area contributed by atoms with Gasteiger partial charge in [-0.05, 0) is 6.92 Å². The van der Waals surface area contributed by atoms with Gasteiger partial charge in [-0.15, -0.1) is 0 Å². The quantitative estimate of drug-likeness (QED) is 0.645. The van der Waals surface area contributed by atoms with Crippen LogP contribution in [0.5, 0.6) is 0 Å². The van der Waals surface area contributed by atoms with E-state index in [2.05, 4.69) is 0 Å². The number of carbonyl (C=O) groups excluding carboxylic acids is 1. The molecule has 0 saturated carbocycles. The molecule has 0 aromatic carbocycles. The molecule has 19 heavy (non-hydrogen) atoms. The van der Waals surface area contributed by atoms with Crippen LogP contribution in [-0.2, 0) is 24.3 Å². The molecule has 7 nitrogen and oxygen atoms in total. The smallest absolute Gasteiger partial charge is 0.254 e. The highest BCUT2D eigenvalue weighted by Crippen LogP contribution is 2.15. The Balaban J connectivity index is 1.96. The number of sulfonamides is 1. The van der Waals surface area contributed by atoms with E-state index < -0.39 is 16.1 Å². The van der Waals surface area contributed by atoms with Gasteiger partial charge in [0.25, 0.3) is 5.91 Å². The Morgan fingerprint density at radius 3 is 2.53 bits per heavy atom. The molecule has 2 rings (SSSR count). The normalized spacial score (nSPS) is 30.3. The van der Waals surface area contributed by atoms with Crippen LogP contribution in [0.15, 0.2) is 0 Å². The van der Waals surface area contributed by atoms with Gasteiger partial charge in [0, 0.05) is 25.7 Å². The Kier molecular flexibility index (Phi) is 4.44. The van der Waals surface area contributed by atoms with Crippen molar-refractivity contribution in [2.24, 2.45) is 0 Å². The SMILES string of the molecule is C[C@H]1CN(C(=O)C2COCCO2)CCN1S(C)(=O)=O. The Bertz CT molecular complexity index is 432. The third-order valence-electron chi connectivity index (χ3n) is 3.40. The fourth-order valence-electron chi connectivity index (χ4n) is 2.47. The number of nitrogens with zero attached hydrogens (tertiary/aromatic N) is 2. The third-order valence-corrected chi connectivity index (χ3v) is 4.79. The van der Waals surface area contributed by atoms with E-state index in [0.717, 1.165) is 0 Å². The van der Waals surface area contributed by atoms with Crippen molar-refractivity contribution in [2.75, 3.05) is 45.7 Å². The summed E-state index contributed by atoms with van der Waals surface area (Å²) >= 11 is 0. The van der Waals surface area contributed by atoms with Crippen molar-refractivity contribution in [3.63, 3.8) is 0 Å². The second-order valence-electron chi connectivity index (χ2n) is 4.94. The van der Waals surface area contributed by atoms with Crippen molar-refractivity contribution >= 4 is 15.9 Å². The second kappa shape index (κ2) is 5.74. The number of amides is 1. The average molecular weight is 292 g/mol. The largest absolute Gasteiger partial charge is 0.376 e. The summed E-state index contributed by atoms with van der Waals surface area (Å²) in [6.07, 6.45) is 0.643. The molecule has 0 spiro atoms. The van der Waals surface area contributed by atoms with Gasteiger partial charge in [0.15, 0.2) is 6.10 Å². The van der Waals surface area contributed by atoms with Crippen molar-refractivity contribution in [2.45, 2.75) is 19.1 Å². The number of rotatable bonds is 2. The first-order valence-corrected chi connectivity index (χ1v) is 8.19. The van der Waals surface area contributed by atoms with Gasteiger partial charge in [0.1, 0.15) is 0 Å². The lowest BCUT2D eigenvalue weighted by Gasteiger charge is -2.39. The number of ether oxygens (including phenoxy) is 2. The lowest BCUT2D eigenvalue weighted by Crippen LogP contribution is -2.57. The second-order valence-corrected chi connectivity index (χ2v) is 6.88. The number of piperazine rings is 1. The lowest BCUT2D eigenvalue weighted by molar-refractivity contribution is -0.159. The van der Waals surface area contributed by atoms with E-state index in [0.29, 0.717) is 32.8 Å². The molecule has 110 valence electrons. The molecule has 1 unspecified atom stereocenters. The van der Waals surface area contributed by atoms with Crippen LogP contribution in [0.1, 0.15) is 6.92 Å². The molecule has 0 N–H and O–H groups in total. The summed E-state index contributed by atoms with van der Waals surface area (Å²) in [4.78, 5) is 13.9. The minimum absolute atomic E-state index is 0.111. The highest BCUT2D eigenvalue weighted by Gasteiger charge is 2.35. The van der Waals surface area contributed by atoms with E-state index in [9.17, 15) is 13.2 Å². The van der Waals surface area contributed by atoms with Gasteiger partial charge in [-0.25, -0.2) is 8.42 Å². The van der Waals surface area contributed by atoms with Crippen molar-refractivity contribution in [3.05, 3.63) is 0 Å². The standard InChI is InChI=1S/C11H20N2O5S/c1-9-7-12(3-4-13(9)19(2,15)16)11(14)10-8-17-5-6-18-10/h9-10H,3-8H2,1-2H3/t9-,10?/m0/s1. The molecular formula is C11H20N2O5S. The van der Waals surface area contributed by atoms with Crippen LogP contribution in [0, 0.1) is 0 Å². The first-order chi connectivity index (χ1) is 8.89. The summed E-state index contributed by atoms with van der Waals surface area (Å²) in [5, 5.41) is 0. The molecule has 2 heterocycles. The molecule has 0 radical (unpaired) electrons. The maximum Gasteiger partial charge on any atom is 0.254 e. The van der Waals surface area contributed by atoms with Gasteiger partial charge in [-0.2, -0.15) is 4.31 Å². The van der Waals surface area contributed by atoms with E-state index in [-0.39, 0.29) is 18.6 Å². The van der Waals surface area contributed by atoms with E-state index in [1.807, 2.05) is 0 Å². The topological polar surface area (TPSA) is 76.2 Å². The predicted molar refractivity (Wildman–Crippen MR) is 68.2 cm³/mol. The number of hydrogen-bond acceptors (Lipinski definition) is 5. The summed E-state index contributed by atoms with van der Waals surface area (Å²) < 4.78 is 35.1. The fraction of sp³-hybridized carbons (Fsp3) is 0.909. The minimum atomic E-state index is -3.21. The molecule has 1 amide bonds. The van der Waals surface area contributed by atoms with Gasteiger partial charge < -0.3 is 14.4 Å². The first-order valence-electron chi connectivity index (χ1n) is 6.34. The van der Waals surface area contributed by atoms with Crippen LogP contribution >= 0.6 is 0 Å². The van der Waals surface area contributed by atoms with E-state index >= 15 is 0 Å². The Labute approximate surface area is 113 Å². The predicted octanol–water partition coefficient (Wildman–Crippen LogP) is -1.11. The molecule has 2 saturated heterocycles. The Morgan fingerprint density at radius 2 is 2.00 bits per heavy atom. The molecular weight excluding hydrogens is 272 g/mol. The van der Waals surface area contributed by atoms with Crippen LogP contribution in [0.3, 0.4) is 0 Å². The Hall–Kier alpha value is -0.700. The van der Waals surface area contributed by atoms with Gasteiger partial charge in [-0.1, -0.05) is 0 Å². The highest BCUT2D eigenvalue weighted by molar-refractivity contribution is 7.88. The van der Waals surface area contributed by atoms with Crippen LogP contribution in [0.4, 0.5) is 0 Å². The van der Waals surface area contributed by atoms with Crippen LogP contribution in [-0.4, -0.2) is 81.4 Å². The van der Waals surface area contributed by atoms with Gasteiger partial charge in [0.2, 0.25) is 10.0 Å². The number of hydrogen-bond donors (Lipinski definition) is 0. The molecule has 8 heteroatoms. The maximum atomic E-state index is 12.2. The van der Waals surface area contributed by atoms with E-state index in [1.165, 1.54) is 10.6 Å². The van der Waals surface area contributed by atoms with Crippen molar-refractivity contribution in [1.82, 2.24) is 9.21 Å². The average Bonchev–Trinajstić information content (AvgIpc) is 2.37. The third kappa shape index (κ3) is 3.44. The molecule has 0 aromatic heterocycles. The molecule has 0 aromatic rings. The summed E-state index contributed by atoms with van der Waals surface area (Å²) in [5.74, 6) is -0.111. The van der Waals surface area contributed by atoms with Gasteiger partial charge in [0.05, 0.1) is 26.1 Å². The molecule has 2 fully saturated rings. The van der Waals surface area contributed by atoms with Crippen LogP contribution in [0.25, 0.3) is 0 Å². The summed E-state index contributed by atoms with van der Waals surface area (Å²) in [6.45, 7) is 4.15. The fourth-order valence-corrected chi connectivity index (χ4v) is 3.60. The highest BCUT2D eigenvalue weighted by atomic mass is 32.2. The molecule has 0 bridgehead atoms. The van der Waals surface area contributed by atoms with Gasteiger partial charge >= 0.3 is 0 Å². The van der Waals surface area contributed by atoms with Crippen molar-refractivity contribution in [3.8, 4) is 0 Å². The maximum absolute atomic E-state index is 12.2. The summed E-state index contributed by atoms with van der Waals surface area (Å²) in [5.41, 5.74) is 0. The molecule has 0 aliphatic carbocycles. The molecule has 2 aliphatic heterocycles. The number of carbonyl (C=O) groups is 1. The first kappa shape index (κ1) is 14.7. The van der Waals surface area contributed by atoms with Crippen molar-refractivity contribution in [1.29, 1.82) is 0 Å². The van der Waals surface area contributed by atoms with E-state index in [4.69, 9.17) is 9.47 Å². The summed E-state index contributed by atoms with van der Waals surface area (Å²) in [7, 11) is -3.21. The van der Waals surface area contributed by atoms with E-state index in [1.54, 1.807) is 11.8 Å². The van der Waals surface area contributed by atoms with Crippen LogP contribution in [0.2, 0.25) is 0 Å². The minimum Gasteiger partial charge on any atom is -0.376 e. The monoisotopic (exact) mass is 292 g/mol. The summed E-state index contributed by atoms with van der Waals surface area (Å²) in [6, 6.07) is -0.211. The Morgan fingerprint density at radius 1 is 1.26 bits per heavy atom. The van der Waals surface area contributed by atoms with Gasteiger partial charge in [-0.3, -0.25) is 4.79 Å².